The third-order valence-electron chi connectivity index (χ3n) is 2.90. The van der Waals surface area contributed by atoms with E-state index in [2.05, 4.69) is 9.97 Å². The summed E-state index contributed by atoms with van der Waals surface area (Å²) in [5.74, 6) is 1.40. The fourth-order valence-corrected chi connectivity index (χ4v) is 2.74. The number of nitrogens with zero attached hydrogens (tertiary/aromatic N) is 4. The highest BCUT2D eigenvalue weighted by atomic mass is 32.2. The van der Waals surface area contributed by atoms with Gasteiger partial charge in [-0.2, -0.15) is 4.31 Å². The van der Waals surface area contributed by atoms with E-state index < -0.39 is 10.0 Å². The van der Waals surface area contributed by atoms with Crippen molar-refractivity contribution in [3.63, 3.8) is 0 Å². The van der Waals surface area contributed by atoms with Gasteiger partial charge in [-0.1, -0.05) is 0 Å². The maximum absolute atomic E-state index is 11.4. The van der Waals surface area contributed by atoms with Gasteiger partial charge in [0, 0.05) is 32.4 Å². The molecule has 2 heterocycles. The van der Waals surface area contributed by atoms with Crippen molar-refractivity contribution in [1.82, 2.24) is 14.3 Å². The van der Waals surface area contributed by atoms with Crippen molar-refractivity contribution in [1.29, 1.82) is 0 Å². The fraction of sp³-hybridized carbons (Fsp3) is 0.600. The van der Waals surface area contributed by atoms with Gasteiger partial charge in [-0.15, -0.1) is 0 Å². The number of piperazine rings is 1. The maximum atomic E-state index is 11.4. The molecule has 1 aromatic heterocycles. The lowest BCUT2D eigenvalue weighted by atomic mass is 10.3. The summed E-state index contributed by atoms with van der Waals surface area (Å²) in [5, 5.41) is 0. The van der Waals surface area contributed by atoms with Crippen molar-refractivity contribution in [3.8, 4) is 0 Å². The minimum Gasteiger partial charge on any atom is -0.354 e. The number of anilines is 1. The van der Waals surface area contributed by atoms with Gasteiger partial charge < -0.3 is 10.6 Å². The molecule has 2 N–H and O–H groups in total. The first kappa shape index (κ1) is 13.2. The molecule has 1 aliphatic heterocycles. The second kappa shape index (κ2) is 5.17. The molecule has 1 fully saturated rings. The molecule has 18 heavy (non-hydrogen) atoms. The summed E-state index contributed by atoms with van der Waals surface area (Å²) in [7, 11) is -3.09. The number of nitrogens with two attached hydrogens (primary N) is 1. The maximum Gasteiger partial charge on any atom is 0.211 e. The topological polar surface area (TPSA) is 92.4 Å². The second-order valence-corrected chi connectivity index (χ2v) is 6.17. The van der Waals surface area contributed by atoms with Gasteiger partial charge in [0.25, 0.3) is 0 Å². The Kier molecular flexibility index (Phi) is 3.79. The molecule has 0 aromatic carbocycles. The number of hydrogen-bond acceptors (Lipinski definition) is 6. The van der Waals surface area contributed by atoms with Gasteiger partial charge in [-0.05, 0) is 6.07 Å². The SMILES string of the molecule is CS(=O)(=O)N1CCN(c2ccnc(CN)n2)CC1. The van der Waals surface area contributed by atoms with Crippen LogP contribution in [-0.2, 0) is 16.6 Å². The van der Waals surface area contributed by atoms with E-state index in [0.717, 1.165) is 5.82 Å². The van der Waals surface area contributed by atoms with Crippen LogP contribution in [0.2, 0.25) is 0 Å². The van der Waals surface area contributed by atoms with Crippen LogP contribution in [0.25, 0.3) is 0 Å². The Labute approximate surface area is 107 Å². The van der Waals surface area contributed by atoms with Crippen LogP contribution >= 0.6 is 0 Å². The molecule has 1 saturated heterocycles. The molecule has 0 aliphatic carbocycles. The Morgan fingerprint density at radius 3 is 2.56 bits per heavy atom. The molecule has 0 unspecified atom stereocenters. The number of sulfonamides is 1. The summed E-state index contributed by atoms with van der Waals surface area (Å²) >= 11 is 0. The standard InChI is InChI=1S/C10H17N5O2S/c1-18(16,17)15-6-4-14(5-7-15)10-2-3-12-9(8-11)13-10/h2-3H,4-8,11H2,1H3. The van der Waals surface area contributed by atoms with Gasteiger partial charge in [0.05, 0.1) is 12.8 Å². The van der Waals surface area contributed by atoms with Crippen molar-refractivity contribution in [2.45, 2.75) is 6.54 Å². The molecule has 0 bridgehead atoms. The largest absolute Gasteiger partial charge is 0.354 e. The molecule has 0 radical (unpaired) electrons. The van der Waals surface area contributed by atoms with E-state index in [-0.39, 0.29) is 0 Å². The van der Waals surface area contributed by atoms with E-state index in [1.807, 2.05) is 11.0 Å². The summed E-state index contributed by atoms with van der Waals surface area (Å²) in [6.07, 6.45) is 2.91. The van der Waals surface area contributed by atoms with Crippen LogP contribution in [0.1, 0.15) is 5.82 Å². The highest BCUT2D eigenvalue weighted by Gasteiger charge is 2.23. The number of rotatable bonds is 3. The molecule has 0 amide bonds. The van der Waals surface area contributed by atoms with Crippen molar-refractivity contribution >= 4 is 15.8 Å². The Hall–Kier alpha value is -1.25. The third kappa shape index (κ3) is 2.95. The third-order valence-corrected chi connectivity index (χ3v) is 4.21. The highest BCUT2D eigenvalue weighted by molar-refractivity contribution is 7.88. The fourth-order valence-electron chi connectivity index (χ4n) is 1.91. The summed E-state index contributed by atoms with van der Waals surface area (Å²) in [6, 6.07) is 1.81. The number of aromatic nitrogens is 2. The van der Waals surface area contributed by atoms with Crippen LogP contribution in [0.5, 0.6) is 0 Å². The molecule has 8 heteroatoms. The van der Waals surface area contributed by atoms with Crippen LogP contribution in [0, 0.1) is 0 Å². The summed E-state index contributed by atoms with van der Waals surface area (Å²) in [5.41, 5.74) is 5.50. The van der Waals surface area contributed by atoms with Crippen LogP contribution < -0.4 is 10.6 Å². The lowest BCUT2D eigenvalue weighted by Crippen LogP contribution is -2.48. The van der Waals surface area contributed by atoms with Crippen molar-refractivity contribution in [2.75, 3.05) is 37.3 Å². The first-order valence-corrected chi connectivity index (χ1v) is 7.57. The van der Waals surface area contributed by atoms with Gasteiger partial charge >= 0.3 is 0 Å². The minimum absolute atomic E-state index is 0.303. The highest BCUT2D eigenvalue weighted by Crippen LogP contribution is 2.14. The zero-order valence-electron chi connectivity index (χ0n) is 10.3. The normalized spacial score (nSPS) is 18.0. The Balaban J connectivity index is 2.05. The minimum atomic E-state index is -3.09. The molecule has 0 saturated carbocycles. The van der Waals surface area contributed by atoms with Crippen molar-refractivity contribution in [2.24, 2.45) is 5.73 Å². The van der Waals surface area contributed by atoms with E-state index in [1.165, 1.54) is 10.6 Å². The lowest BCUT2D eigenvalue weighted by Gasteiger charge is -2.33. The monoisotopic (exact) mass is 271 g/mol. The quantitative estimate of drug-likeness (QED) is 0.759. The zero-order chi connectivity index (χ0) is 13.2. The molecule has 1 aromatic rings. The smallest absolute Gasteiger partial charge is 0.211 e. The van der Waals surface area contributed by atoms with E-state index in [1.54, 1.807) is 6.20 Å². The van der Waals surface area contributed by atoms with Crippen LogP contribution in [-0.4, -0.2) is 55.1 Å². The Bertz CT molecular complexity index is 511. The van der Waals surface area contributed by atoms with Crippen LogP contribution in [0.4, 0.5) is 5.82 Å². The van der Waals surface area contributed by atoms with Gasteiger partial charge in [-0.25, -0.2) is 18.4 Å². The first-order valence-electron chi connectivity index (χ1n) is 5.73. The first-order chi connectivity index (χ1) is 8.50. The second-order valence-electron chi connectivity index (χ2n) is 4.18. The van der Waals surface area contributed by atoms with Gasteiger partial charge in [-0.3, -0.25) is 0 Å². The molecule has 0 spiro atoms. The molecular weight excluding hydrogens is 254 g/mol. The summed E-state index contributed by atoms with van der Waals surface area (Å²) in [6.45, 7) is 2.54. The molecule has 0 atom stereocenters. The van der Waals surface area contributed by atoms with Crippen molar-refractivity contribution < 1.29 is 8.42 Å². The zero-order valence-corrected chi connectivity index (χ0v) is 11.1. The predicted octanol–water partition coefficient (Wildman–Crippen LogP) is -0.983. The van der Waals surface area contributed by atoms with Gasteiger partial charge in [0.1, 0.15) is 11.6 Å². The van der Waals surface area contributed by atoms with Crippen molar-refractivity contribution in [3.05, 3.63) is 18.1 Å². The predicted molar refractivity (Wildman–Crippen MR) is 68.6 cm³/mol. The lowest BCUT2D eigenvalue weighted by molar-refractivity contribution is 0.386. The van der Waals surface area contributed by atoms with Gasteiger partial charge in [0.15, 0.2) is 0 Å². The van der Waals surface area contributed by atoms with E-state index in [9.17, 15) is 8.42 Å². The number of hydrogen-bond donors (Lipinski definition) is 1. The molecule has 1 aliphatic rings. The van der Waals surface area contributed by atoms with E-state index >= 15 is 0 Å². The Morgan fingerprint density at radius 2 is 2.00 bits per heavy atom. The molecule has 2 rings (SSSR count). The van der Waals surface area contributed by atoms with E-state index in [4.69, 9.17) is 5.73 Å². The molecule has 7 nitrogen and oxygen atoms in total. The van der Waals surface area contributed by atoms with Crippen LogP contribution in [0.3, 0.4) is 0 Å². The Morgan fingerprint density at radius 1 is 1.33 bits per heavy atom. The summed E-state index contributed by atoms with van der Waals surface area (Å²) in [4.78, 5) is 10.4. The van der Waals surface area contributed by atoms with Gasteiger partial charge in [0.2, 0.25) is 10.0 Å². The average molecular weight is 271 g/mol. The average Bonchev–Trinajstić information content (AvgIpc) is 2.38. The molecule has 100 valence electrons. The molecular formula is C10H17N5O2S. The van der Waals surface area contributed by atoms with Crippen LogP contribution in [0.15, 0.2) is 12.3 Å². The summed E-state index contributed by atoms with van der Waals surface area (Å²) < 4.78 is 24.3. The van der Waals surface area contributed by atoms with E-state index in [0.29, 0.717) is 38.5 Å².